The third kappa shape index (κ3) is 4.92. The number of nitrogens with zero attached hydrogens (tertiary/aromatic N) is 3. The van der Waals surface area contributed by atoms with Gasteiger partial charge in [-0.1, -0.05) is 6.92 Å². The van der Waals surface area contributed by atoms with Gasteiger partial charge in [0.1, 0.15) is 0 Å². The molecule has 138 valence electrons. The van der Waals surface area contributed by atoms with Gasteiger partial charge in [0.2, 0.25) is 21.8 Å². The molecule has 0 spiro atoms. The number of carbonyl (C=O) groups is 2. The smallest absolute Gasteiger partial charge is 0.225 e. The topological polar surface area (TPSA) is 78.0 Å². The van der Waals surface area contributed by atoms with Crippen molar-refractivity contribution in [3.05, 3.63) is 0 Å². The number of hydrogen-bond acceptors (Lipinski definition) is 4. The molecule has 2 saturated heterocycles. The summed E-state index contributed by atoms with van der Waals surface area (Å²) >= 11 is 0. The SMILES string of the molecule is CCCC(=O)N1CCCN(C(=O)C2CCN(S(C)(=O)=O)CC2)CC1. The molecule has 24 heavy (non-hydrogen) atoms. The quantitative estimate of drug-likeness (QED) is 0.733. The molecule has 0 bridgehead atoms. The molecule has 2 aliphatic rings. The first-order chi connectivity index (χ1) is 11.3. The molecule has 0 saturated carbocycles. The van der Waals surface area contributed by atoms with Crippen LogP contribution in [0.15, 0.2) is 0 Å². The fourth-order valence-corrected chi connectivity index (χ4v) is 4.33. The van der Waals surface area contributed by atoms with Crippen LogP contribution in [0.25, 0.3) is 0 Å². The lowest BCUT2D eigenvalue weighted by atomic mass is 9.96. The lowest BCUT2D eigenvalue weighted by molar-refractivity contribution is -0.137. The Bertz CT molecular complexity index is 556. The number of amides is 2. The van der Waals surface area contributed by atoms with Crippen LogP contribution in [0.4, 0.5) is 0 Å². The van der Waals surface area contributed by atoms with E-state index in [0.29, 0.717) is 52.0 Å². The van der Waals surface area contributed by atoms with Gasteiger partial charge in [0.25, 0.3) is 0 Å². The van der Waals surface area contributed by atoms with Crippen LogP contribution >= 0.6 is 0 Å². The predicted molar refractivity (Wildman–Crippen MR) is 91.8 cm³/mol. The fourth-order valence-electron chi connectivity index (χ4n) is 3.45. The Hall–Kier alpha value is -1.15. The van der Waals surface area contributed by atoms with E-state index in [9.17, 15) is 18.0 Å². The van der Waals surface area contributed by atoms with Crippen molar-refractivity contribution in [3.63, 3.8) is 0 Å². The van der Waals surface area contributed by atoms with Gasteiger partial charge in [0, 0.05) is 51.6 Å². The van der Waals surface area contributed by atoms with E-state index in [0.717, 1.165) is 19.4 Å². The summed E-state index contributed by atoms with van der Waals surface area (Å²) in [6.45, 7) is 5.42. The van der Waals surface area contributed by atoms with E-state index in [1.54, 1.807) is 0 Å². The Morgan fingerprint density at radius 2 is 1.54 bits per heavy atom. The van der Waals surface area contributed by atoms with Crippen molar-refractivity contribution in [2.75, 3.05) is 45.5 Å². The first-order valence-electron chi connectivity index (χ1n) is 8.84. The van der Waals surface area contributed by atoms with E-state index in [1.165, 1.54) is 10.6 Å². The lowest BCUT2D eigenvalue weighted by Crippen LogP contribution is -2.45. The van der Waals surface area contributed by atoms with Gasteiger partial charge in [0.05, 0.1) is 6.26 Å². The monoisotopic (exact) mass is 359 g/mol. The van der Waals surface area contributed by atoms with Crippen molar-refractivity contribution in [1.29, 1.82) is 0 Å². The average Bonchev–Trinajstić information content (AvgIpc) is 2.80. The van der Waals surface area contributed by atoms with Gasteiger partial charge < -0.3 is 9.80 Å². The van der Waals surface area contributed by atoms with Crippen LogP contribution in [0.1, 0.15) is 39.0 Å². The Kier molecular flexibility index (Phi) is 6.62. The van der Waals surface area contributed by atoms with E-state index in [2.05, 4.69) is 0 Å². The third-order valence-corrected chi connectivity index (χ3v) is 6.20. The second-order valence-electron chi connectivity index (χ2n) is 6.75. The minimum Gasteiger partial charge on any atom is -0.341 e. The van der Waals surface area contributed by atoms with Gasteiger partial charge in [-0.25, -0.2) is 12.7 Å². The van der Waals surface area contributed by atoms with Gasteiger partial charge in [-0.2, -0.15) is 0 Å². The summed E-state index contributed by atoms with van der Waals surface area (Å²) in [4.78, 5) is 28.5. The van der Waals surface area contributed by atoms with E-state index < -0.39 is 10.0 Å². The van der Waals surface area contributed by atoms with E-state index in [-0.39, 0.29) is 17.7 Å². The highest BCUT2D eigenvalue weighted by molar-refractivity contribution is 7.88. The van der Waals surface area contributed by atoms with Crippen molar-refractivity contribution in [1.82, 2.24) is 14.1 Å². The maximum absolute atomic E-state index is 12.7. The minimum atomic E-state index is -3.16. The number of carbonyl (C=O) groups excluding carboxylic acids is 2. The Balaban J connectivity index is 1.86. The Labute approximate surface area is 145 Å². The van der Waals surface area contributed by atoms with Crippen LogP contribution in [0, 0.1) is 5.92 Å². The molecule has 0 atom stereocenters. The molecule has 2 fully saturated rings. The fraction of sp³-hybridized carbons (Fsp3) is 0.875. The standard InChI is InChI=1S/C16H29N3O4S/c1-3-5-15(20)17-8-4-9-18(13-12-17)16(21)14-6-10-19(11-7-14)24(2,22)23/h14H,3-13H2,1-2H3. The molecule has 2 heterocycles. The summed E-state index contributed by atoms with van der Waals surface area (Å²) in [7, 11) is -3.16. The molecule has 7 nitrogen and oxygen atoms in total. The number of sulfonamides is 1. The molecule has 0 aromatic carbocycles. The molecular formula is C16H29N3O4S. The molecule has 0 aromatic rings. The minimum absolute atomic E-state index is 0.0964. The normalized spacial score (nSPS) is 21.6. The van der Waals surface area contributed by atoms with Gasteiger partial charge in [-0.3, -0.25) is 9.59 Å². The Morgan fingerprint density at radius 3 is 2.12 bits per heavy atom. The number of hydrogen-bond donors (Lipinski definition) is 0. The van der Waals surface area contributed by atoms with E-state index >= 15 is 0 Å². The zero-order chi connectivity index (χ0) is 17.7. The van der Waals surface area contributed by atoms with Crippen molar-refractivity contribution < 1.29 is 18.0 Å². The highest BCUT2D eigenvalue weighted by atomic mass is 32.2. The maximum Gasteiger partial charge on any atom is 0.225 e. The molecular weight excluding hydrogens is 330 g/mol. The van der Waals surface area contributed by atoms with Crippen molar-refractivity contribution in [2.45, 2.75) is 39.0 Å². The molecule has 2 amide bonds. The van der Waals surface area contributed by atoms with Crippen LogP contribution in [-0.2, 0) is 19.6 Å². The average molecular weight is 359 g/mol. The largest absolute Gasteiger partial charge is 0.341 e. The zero-order valence-electron chi connectivity index (χ0n) is 14.7. The first kappa shape index (κ1) is 19.2. The van der Waals surface area contributed by atoms with Crippen molar-refractivity contribution in [3.8, 4) is 0 Å². The third-order valence-electron chi connectivity index (χ3n) is 4.90. The summed E-state index contributed by atoms with van der Waals surface area (Å²) in [5, 5.41) is 0. The Morgan fingerprint density at radius 1 is 0.958 bits per heavy atom. The van der Waals surface area contributed by atoms with Crippen molar-refractivity contribution >= 4 is 21.8 Å². The molecule has 0 aliphatic carbocycles. The summed E-state index contributed by atoms with van der Waals surface area (Å²) in [6, 6.07) is 0. The van der Waals surface area contributed by atoms with Crippen LogP contribution in [0.5, 0.6) is 0 Å². The number of rotatable bonds is 4. The summed E-state index contributed by atoms with van der Waals surface area (Å²) in [6.07, 6.45) is 4.60. The molecule has 0 aromatic heterocycles. The molecule has 0 unspecified atom stereocenters. The molecule has 2 aliphatic heterocycles. The molecule has 2 rings (SSSR count). The summed E-state index contributed by atoms with van der Waals surface area (Å²) < 4.78 is 24.6. The van der Waals surface area contributed by atoms with Crippen LogP contribution in [0.2, 0.25) is 0 Å². The predicted octanol–water partition coefficient (Wildman–Crippen LogP) is 0.519. The van der Waals surface area contributed by atoms with Crippen LogP contribution in [-0.4, -0.2) is 79.9 Å². The maximum atomic E-state index is 12.7. The van der Waals surface area contributed by atoms with Gasteiger partial charge in [-0.15, -0.1) is 0 Å². The molecule has 0 radical (unpaired) electrons. The second-order valence-corrected chi connectivity index (χ2v) is 8.73. The molecule has 0 N–H and O–H groups in total. The number of piperidine rings is 1. The van der Waals surface area contributed by atoms with Crippen molar-refractivity contribution in [2.24, 2.45) is 5.92 Å². The van der Waals surface area contributed by atoms with Gasteiger partial charge >= 0.3 is 0 Å². The highest BCUT2D eigenvalue weighted by Gasteiger charge is 2.32. The summed E-state index contributed by atoms with van der Waals surface area (Å²) in [5.41, 5.74) is 0. The summed E-state index contributed by atoms with van der Waals surface area (Å²) in [5.74, 6) is 0.196. The van der Waals surface area contributed by atoms with E-state index in [4.69, 9.17) is 0 Å². The first-order valence-corrected chi connectivity index (χ1v) is 10.7. The van der Waals surface area contributed by atoms with Gasteiger partial charge in [0.15, 0.2) is 0 Å². The van der Waals surface area contributed by atoms with Crippen LogP contribution < -0.4 is 0 Å². The zero-order valence-corrected chi connectivity index (χ0v) is 15.6. The highest BCUT2D eigenvalue weighted by Crippen LogP contribution is 2.22. The second kappa shape index (κ2) is 8.29. The van der Waals surface area contributed by atoms with E-state index in [1.807, 2.05) is 16.7 Å². The molecule has 8 heteroatoms. The van der Waals surface area contributed by atoms with Gasteiger partial charge in [-0.05, 0) is 25.7 Å². The van der Waals surface area contributed by atoms with Crippen LogP contribution in [0.3, 0.4) is 0 Å². The lowest BCUT2D eigenvalue weighted by Gasteiger charge is -2.32.